The average molecular weight is 322 g/mol. The highest BCUT2D eigenvalue weighted by Crippen LogP contribution is 2.29. The van der Waals surface area contributed by atoms with Crippen molar-refractivity contribution in [1.29, 1.82) is 0 Å². The lowest BCUT2D eigenvalue weighted by molar-refractivity contribution is -0.122. The van der Waals surface area contributed by atoms with Gasteiger partial charge in [-0.15, -0.1) is 22.7 Å². The largest absolute Gasteiger partial charge is 0.351 e. The lowest BCUT2D eigenvalue weighted by atomic mass is 10.1. The SMILES string of the molecule is CC(C)(C)NC(=O)CCNCc1cc(-c2cccs2)cs1. The van der Waals surface area contributed by atoms with Crippen LogP contribution < -0.4 is 10.6 Å². The normalized spacial score (nSPS) is 11.6. The van der Waals surface area contributed by atoms with Crippen LogP contribution in [-0.4, -0.2) is 18.0 Å². The summed E-state index contributed by atoms with van der Waals surface area (Å²) in [6.07, 6.45) is 0.514. The Bertz CT molecular complexity index is 567. The lowest BCUT2D eigenvalue weighted by Gasteiger charge is -2.20. The van der Waals surface area contributed by atoms with Crippen LogP contribution in [0.1, 0.15) is 32.1 Å². The number of hydrogen-bond donors (Lipinski definition) is 2. The molecule has 5 heteroatoms. The fourth-order valence-corrected chi connectivity index (χ4v) is 3.58. The van der Waals surface area contributed by atoms with Crippen LogP contribution in [0.2, 0.25) is 0 Å². The number of carbonyl (C=O) groups is 1. The van der Waals surface area contributed by atoms with Crippen molar-refractivity contribution in [1.82, 2.24) is 10.6 Å². The molecule has 2 heterocycles. The minimum Gasteiger partial charge on any atom is -0.351 e. The maximum Gasteiger partial charge on any atom is 0.221 e. The quantitative estimate of drug-likeness (QED) is 0.793. The van der Waals surface area contributed by atoms with E-state index in [-0.39, 0.29) is 11.4 Å². The summed E-state index contributed by atoms with van der Waals surface area (Å²) in [6.45, 7) is 7.51. The summed E-state index contributed by atoms with van der Waals surface area (Å²) in [5.74, 6) is 0.0976. The van der Waals surface area contributed by atoms with Gasteiger partial charge in [-0.05, 0) is 43.7 Å². The minimum absolute atomic E-state index is 0.0976. The summed E-state index contributed by atoms with van der Waals surface area (Å²) < 4.78 is 0. The van der Waals surface area contributed by atoms with E-state index in [1.807, 2.05) is 20.8 Å². The summed E-state index contributed by atoms with van der Waals surface area (Å²) >= 11 is 3.52. The summed E-state index contributed by atoms with van der Waals surface area (Å²) in [6, 6.07) is 6.43. The van der Waals surface area contributed by atoms with Gasteiger partial charge in [0.15, 0.2) is 0 Å². The van der Waals surface area contributed by atoms with Crippen LogP contribution in [0.3, 0.4) is 0 Å². The summed E-state index contributed by atoms with van der Waals surface area (Å²) in [5, 5.41) is 10.6. The topological polar surface area (TPSA) is 41.1 Å². The summed E-state index contributed by atoms with van der Waals surface area (Å²) in [7, 11) is 0. The van der Waals surface area contributed by atoms with Crippen LogP contribution in [-0.2, 0) is 11.3 Å². The van der Waals surface area contributed by atoms with Crippen molar-refractivity contribution in [2.24, 2.45) is 0 Å². The molecule has 0 atom stereocenters. The molecular weight excluding hydrogens is 300 g/mol. The number of hydrogen-bond acceptors (Lipinski definition) is 4. The highest BCUT2D eigenvalue weighted by atomic mass is 32.1. The molecule has 114 valence electrons. The maximum atomic E-state index is 11.7. The molecule has 3 nitrogen and oxygen atoms in total. The summed E-state index contributed by atoms with van der Waals surface area (Å²) in [4.78, 5) is 14.3. The maximum absolute atomic E-state index is 11.7. The monoisotopic (exact) mass is 322 g/mol. The molecule has 2 N–H and O–H groups in total. The molecule has 0 aliphatic carbocycles. The van der Waals surface area contributed by atoms with Crippen molar-refractivity contribution in [2.45, 2.75) is 39.3 Å². The second-order valence-electron chi connectivity index (χ2n) is 6.00. The van der Waals surface area contributed by atoms with E-state index in [4.69, 9.17) is 0 Å². The molecule has 21 heavy (non-hydrogen) atoms. The van der Waals surface area contributed by atoms with E-state index in [9.17, 15) is 4.79 Å². The van der Waals surface area contributed by atoms with E-state index in [1.165, 1.54) is 15.3 Å². The second kappa shape index (κ2) is 7.20. The van der Waals surface area contributed by atoms with Gasteiger partial charge >= 0.3 is 0 Å². The van der Waals surface area contributed by atoms with Gasteiger partial charge in [0, 0.05) is 40.4 Å². The van der Waals surface area contributed by atoms with Gasteiger partial charge in [0.2, 0.25) is 5.91 Å². The van der Waals surface area contributed by atoms with Gasteiger partial charge in [-0.25, -0.2) is 0 Å². The summed E-state index contributed by atoms with van der Waals surface area (Å²) in [5.41, 5.74) is 1.14. The molecule has 0 spiro atoms. The minimum atomic E-state index is -0.152. The Labute approximate surface area is 134 Å². The van der Waals surface area contributed by atoms with Crippen LogP contribution in [0.15, 0.2) is 29.0 Å². The Morgan fingerprint density at radius 1 is 1.29 bits per heavy atom. The fourth-order valence-electron chi connectivity index (χ4n) is 1.94. The van der Waals surface area contributed by atoms with Gasteiger partial charge in [-0.2, -0.15) is 0 Å². The molecule has 0 aliphatic rings. The first kappa shape index (κ1) is 16.2. The van der Waals surface area contributed by atoms with E-state index in [1.54, 1.807) is 22.7 Å². The van der Waals surface area contributed by atoms with Crippen molar-refractivity contribution in [3.8, 4) is 10.4 Å². The van der Waals surface area contributed by atoms with Gasteiger partial charge < -0.3 is 10.6 Å². The molecule has 0 saturated heterocycles. The number of rotatable bonds is 6. The van der Waals surface area contributed by atoms with Crippen molar-refractivity contribution in [3.05, 3.63) is 33.8 Å². The lowest BCUT2D eigenvalue weighted by Crippen LogP contribution is -2.41. The molecule has 0 aromatic carbocycles. The number of thiophene rings is 2. The van der Waals surface area contributed by atoms with Gasteiger partial charge in [-0.3, -0.25) is 4.79 Å². The molecule has 2 rings (SSSR count). The zero-order valence-corrected chi connectivity index (χ0v) is 14.4. The highest BCUT2D eigenvalue weighted by molar-refractivity contribution is 7.14. The zero-order valence-electron chi connectivity index (χ0n) is 12.7. The third-order valence-electron chi connectivity index (χ3n) is 2.80. The third kappa shape index (κ3) is 5.61. The zero-order chi connectivity index (χ0) is 15.3. The molecule has 0 saturated carbocycles. The van der Waals surface area contributed by atoms with Crippen LogP contribution in [0, 0.1) is 0 Å². The highest BCUT2D eigenvalue weighted by Gasteiger charge is 2.12. The predicted molar refractivity (Wildman–Crippen MR) is 91.9 cm³/mol. The smallest absolute Gasteiger partial charge is 0.221 e. The van der Waals surface area contributed by atoms with Crippen molar-refractivity contribution >= 4 is 28.6 Å². The van der Waals surface area contributed by atoms with Crippen LogP contribution in [0.5, 0.6) is 0 Å². The molecule has 0 fully saturated rings. The van der Waals surface area contributed by atoms with Crippen LogP contribution in [0.25, 0.3) is 10.4 Å². The van der Waals surface area contributed by atoms with Crippen molar-refractivity contribution in [3.63, 3.8) is 0 Å². The molecule has 0 radical (unpaired) electrons. The number of carbonyl (C=O) groups excluding carboxylic acids is 1. The van der Waals surface area contributed by atoms with Crippen molar-refractivity contribution < 1.29 is 4.79 Å². The Morgan fingerprint density at radius 3 is 2.76 bits per heavy atom. The third-order valence-corrected chi connectivity index (χ3v) is 4.66. The number of amides is 1. The molecule has 2 aromatic rings. The average Bonchev–Trinajstić information content (AvgIpc) is 3.03. The van der Waals surface area contributed by atoms with E-state index < -0.39 is 0 Å². The van der Waals surface area contributed by atoms with Crippen molar-refractivity contribution in [2.75, 3.05) is 6.54 Å². The van der Waals surface area contributed by atoms with Gasteiger partial charge in [0.1, 0.15) is 0 Å². The first-order valence-electron chi connectivity index (χ1n) is 7.07. The predicted octanol–water partition coefficient (Wildman–Crippen LogP) is 3.87. The fraction of sp³-hybridized carbons (Fsp3) is 0.438. The Kier molecular flexibility index (Phi) is 5.56. The van der Waals surface area contributed by atoms with E-state index in [2.05, 4.69) is 39.6 Å². The standard InChI is InChI=1S/C16H22N2OS2/c1-16(2,3)18-15(19)6-7-17-10-13-9-12(11-21-13)14-5-4-8-20-14/h4-5,8-9,11,17H,6-7,10H2,1-3H3,(H,18,19). The van der Waals surface area contributed by atoms with Gasteiger partial charge in [0.25, 0.3) is 0 Å². The molecule has 2 aromatic heterocycles. The van der Waals surface area contributed by atoms with Crippen LogP contribution >= 0.6 is 22.7 Å². The van der Waals surface area contributed by atoms with E-state index >= 15 is 0 Å². The first-order valence-corrected chi connectivity index (χ1v) is 8.83. The molecule has 0 unspecified atom stereocenters. The van der Waals surface area contributed by atoms with E-state index in [0.29, 0.717) is 13.0 Å². The second-order valence-corrected chi connectivity index (χ2v) is 7.95. The Hall–Kier alpha value is -1.17. The molecular formula is C16H22N2OS2. The van der Waals surface area contributed by atoms with Gasteiger partial charge in [0.05, 0.1) is 0 Å². The number of nitrogens with one attached hydrogen (secondary N) is 2. The molecule has 0 aliphatic heterocycles. The molecule has 1 amide bonds. The van der Waals surface area contributed by atoms with Crippen LogP contribution in [0.4, 0.5) is 0 Å². The van der Waals surface area contributed by atoms with E-state index in [0.717, 1.165) is 6.54 Å². The Morgan fingerprint density at radius 2 is 2.10 bits per heavy atom. The molecule has 0 bridgehead atoms. The Balaban J connectivity index is 1.71. The van der Waals surface area contributed by atoms with Gasteiger partial charge in [-0.1, -0.05) is 6.07 Å². The first-order chi connectivity index (χ1) is 9.94.